The fraction of sp³-hybridized carbons (Fsp3) is 0.533. The third-order valence-electron chi connectivity index (χ3n) is 3.92. The van der Waals surface area contributed by atoms with Crippen molar-refractivity contribution in [1.82, 2.24) is 4.90 Å². The standard InChI is InChI=1S/C15H21NO2/c1-11-6-8-12(9-7-11)10-16(2)14-5-3-4-13(14)15(17)18/h6-9,13-14H,3-5,10H2,1-2H3,(H,17,18). The monoisotopic (exact) mass is 247 g/mol. The Bertz CT molecular complexity index is 413. The molecular formula is C15H21NO2. The Kier molecular flexibility index (Phi) is 4.02. The molecule has 1 N–H and O–H groups in total. The fourth-order valence-corrected chi connectivity index (χ4v) is 2.85. The van der Waals surface area contributed by atoms with Gasteiger partial charge >= 0.3 is 5.97 Å². The lowest BCUT2D eigenvalue weighted by molar-refractivity contribution is -0.143. The summed E-state index contributed by atoms with van der Waals surface area (Å²) in [5.41, 5.74) is 2.50. The molecule has 0 amide bonds. The second-order valence-corrected chi connectivity index (χ2v) is 5.34. The summed E-state index contributed by atoms with van der Waals surface area (Å²) in [6.45, 7) is 2.90. The van der Waals surface area contributed by atoms with E-state index < -0.39 is 5.97 Å². The van der Waals surface area contributed by atoms with Crippen LogP contribution in [0.15, 0.2) is 24.3 Å². The Labute approximate surface area is 108 Å². The van der Waals surface area contributed by atoms with E-state index in [-0.39, 0.29) is 12.0 Å². The number of rotatable bonds is 4. The average Bonchev–Trinajstić information content (AvgIpc) is 2.81. The number of carbonyl (C=O) groups is 1. The Morgan fingerprint density at radius 3 is 2.61 bits per heavy atom. The number of hydrogen-bond donors (Lipinski definition) is 1. The van der Waals surface area contributed by atoms with Gasteiger partial charge in [-0.3, -0.25) is 9.69 Å². The van der Waals surface area contributed by atoms with E-state index >= 15 is 0 Å². The van der Waals surface area contributed by atoms with E-state index in [0.29, 0.717) is 0 Å². The van der Waals surface area contributed by atoms with Crippen LogP contribution >= 0.6 is 0 Å². The zero-order valence-corrected chi connectivity index (χ0v) is 11.1. The molecule has 0 heterocycles. The summed E-state index contributed by atoms with van der Waals surface area (Å²) in [5, 5.41) is 9.21. The van der Waals surface area contributed by atoms with Crippen molar-refractivity contribution in [3.05, 3.63) is 35.4 Å². The van der Waals surface area contributed by atoms with Gasteiger partial charge < -0.3 is 5.11 Å². The van der Waals surface area contributed by atoms with Crippen LogP contribution in [0, 0.1) is 12.8 Å². The van der Waals surface area contributed by atoms with E-state index in [4.69, 9.17) is 0 Å². The van der Waals surface area contributed by atoms with Gasteiger partial charge in [-0.15, -0.1) is 0 Å². The van der Waals surface area contributed by atoms with Crippen molar-refractivity contribution >= 4 is 5.97 Å². The van der Waals surface area contributed by atoms with Gasteiger partial charge in [-0.05, 0) is 32.4 Å². The minimum Gasteiger partial charge on any atom is -0.481 e. The molecule has 1 aliphatic rings. The molecule has 1 fully saturated rings. The van der Waals surface area contributed by atoms with Crippen molar-refractivity contribution in [3.63, 3.8) is 0 Å². The van der Waals surface area contributed by atoms with E-state index in [2.05, 4.69) is 36.1 Å². The molecule has 0 bridgehead atoms. The highest BCUT2D eigenvalue weighted by molar-refractivity contribution is 5.71. The molecule has 18 heavy (non-hydrogen) atoms. The topological polar surface area (TPSA) is 40.5 Å². The number of benzene rings is 1. The molecule has 1 aliphatic carbocycles. The Morgan fingerprint density at radius 1 is 1.33 bits per heavy atom. The SMILES string of the molecule is Cc1ccc(CN(C)C2CCCC2C(=O)O)cc1. The lowest BCUT2D eigenvalue weighted by Gasteiger charge is -2.27. The van der Waals surface area contributed by atoms with Crippen LogP contribution in [-0.4, -0.2) is 29.1 Å². The van der Waals surface area contributed by atoms with E-state index in [1.165, 1.54) is 11.1 Å². The van der Waals surface area contributed by atoms with Gasteiger partial charge in [0, 0.05) is 12.6 Å². The number of hydrogen-bond acceptors (Lipinski definition) is 2. The van der Waals surface area contributed by atoms with Gasteiger partial charge in [0.05, 0.1) is 5.92 Å². The maximum absolute atomic E-state index is 11.2. The molecular weight excluding hydrogens is 226 g/mol. The smallest absolute Gasteiger partial charge is 0.308 e. The quantitative estimate of drug-likeness (QED) is 0.889. The molecule has 3 heteroatoms. The molecule has 2 atom stereocenters. The molecule has 98 valence electrons. The minimum absolute atomic E-state index is 0.184. The highest BCUT2D eigenvalue weighted by Crippen LogP contribution is 2.30. The molecule has 1 aromatic carbocycles. The van der Waals surface area contributed by atoms with Crippen molar-refractivity contribution in [1.29, 1.82) is 0 Å². The third kappa shape index (κ3) is 2.91. The fourth-order valence-electron chi connectivity index (χ4n) is 2.85. The highest BCUT2D eigenvalue weighted by Gasteiger charge is 2.35. The first-order chi connectivity index (χ1) is 8.58. The van der Waals surface area contributed by atoms with Crippen LogP contribution in [0.25, 0.3) is 0 Å². The maximum atomic E-state index is 11.2. The average molecular weight is 247 g/mol. The predicted molar refractivity (Wildman–Crippen MR) is 71.4 cm³/mol. The molecule has 0 spiro atoms. The molecule has 1 aromatic rings. The summed E-state index contributed by atoms with van der Waals surface area (Å²) >= 11 is 0. The van der Waals surface area contributed by atoms with E-state index in [1.54, 1.807) is 0 Å². The van der Waals surface area contributed by atoms with Gasteiger partial charge in [-0.1, -0.05) is 36.2 Å². The Hall–Kier alpha value is -1.35. The maximum Gasteiger partial charge on any atom is 0.308 e. The summed E-state index contributed by atoms with van der Waals surface area (Å²) < 4.78 is 0. The van der Waals surface area contributed by atoms with E-state index in [0.717, 1.165) is 25.8 Å². The summed E-state index contributed by atoms with van der Waals surface area (Å²) in [4.78, 5) is 13.4. The van der Waals surface area contributed by atoms with Gasteiger partial charge in [0.25, 0.3) is 0 Å². The van der Waals surface area contributed by atoms with Gasteiger partial charge in [0.2, 0.25) is 0 Å². The van der Waals surface area contributed by atoms with Crippen LogP contribution in [0.3, 0.4) is 0 Å². The molecule has 0 aliphatic heterocycles. The summed E-state index contributed by atoms with van der Waals surface area (Å²) in [5.74, 6) is -0.839. The third-order valence-corrected chi connectivity index (χ3v) is 3.92. The van der Waals surface area contributed by atoms with Gasteiger partial charge in [-0.2, -0.15) is 0 Å². The first kappa shape index (κ1) is 13.1. The molecule has 3 nitrogen and oxygen atoms in total. The molecule has 1 saturated carbocycles. The van der Waals surface area contributed by atoms with Crippen molar-refractivity contribution in [2.24, 2.45) is 5.92 Å². The van der Waals surface area contributed by atoms with Crippen molar-refractivity contribution in [2.75, 3.05) is 7.05 Å². The number of aliphatic carboxylic acids is 1. The predicted octanol–water partition coefficient (Wildman–Crippen LogP) is 2.68. The molecule has 2 unspecified atom stereocenters. The Balaban J connectivity index is 2.01. The number of carboxylic acids is 1. The molecule has 0 aromatic heterocycles. The van der Waals surface area contributed by atoms with Crippen molar-refractivity contribution in [2.45, 2.75) is 38.8 Å². The molecule has 0 saturated heterocycles. The first-order valence-corrected chi connectivity index (χ1v) is 6.56. The van der Waals surface area contributed by atoms with Crippen LogP contribution in [0.2, 0.25) is 0 Å². The van der Waals surface area contributed by atoms with Crippen LogP contribution in [-0.2, 0) is 11.3 Å². The van der Waals surface area contributed by atoms with Gasteiger partial charge in [0.15, 0.2) is 0 Å². The largest absolute Gasteiger partial charge is 0.481 e. The van der Waals surface area contributed by atoms with Crippen LogP contribution in [0.5, 0.6) is 0 Å². The zero-order chi connectivity index (χ0) is 13.1. The lowest BCUT2D eigenvalue weighted by atomic mass is 10.0. The number of aryl methyl sites for hydroxylation is 1. The zero-order valence-electron chi connectivity index (χ0n) is 11.1. The molecule has 0 radical (unpaired) electrons. The number of carboxylic acid groups (broad SMARTS) is 1. The van der Waals surface area contributed by atoms with E-state index in [9.17, 15) is 9.90 Å². The van der Waals surface area contributed by atoms with Gasteiger partial charge in [0.1, 0.15) is 0 Å². The second kappa shape index (κ2) is 5.53. The minimum atomic E-state index is -0.645. The van der Waals surface area contributed by atoms with Crippen LogP contribution in [0.4, 0.5) is 0 Å². The van der Waals surface area contributed by atoms with Gasteiger partial charge in [-0.25, -0.2) is 0 Å². The second-order valence-electron chi connectivity index (χ2n) is 5.34. The lowest BCUT2D eigenvalue weighted by Crippen LogP contribution is -2.37. The van der Waals surface area contributed by atoms with Crippen LogP contribution < -0.4 is 0 Å². The number of nitrogens with zero attached hydrogens (tertiary/aromatic N) is 1. The van der Waals surface area contributed by atoms with Crippen LogP contribution in [0.1, 0.15) is 30.4 Å². The normalized spacial score (nSPS) is 23.5. The molecule has 2 rings (SSSR count). The van der Waals surface area contributed by atoms with Crippen molar-refractivity contribution in [3.8, 4) is 0 Å². The first-order valence-electron chi connectivity index (χ1n) is 6.56. The summed E-state index contributed by atoms with van der Waals surface area (Å²) in [7, 11) is 2.03. The van der Waals surface area contributed by atoms with Crippen molar-refractivity contribution < 1.29 is 9.90 Å². The summed E-state index contributed by atoms with van der Waals surface area (Å²) in [6.07, 6.45) is 2.84. The summed E-state index contributed by atoms with van der Waals surface area (Å²) in [6, 6.07) is 8.63. The highest BCUT2D eigenvalue weighted by atomic mass is 16.4. The Morgan fingerprint density at radius 2 is 2.00 bits per heavy atom. The van der Waals surface area contributed by atoms with E-state index in [1.807, 2.05) is 7.05 Å².